The molecule has 1 N–H and O–H groups in total. The fourth-order valence-corrected chi connectivity index (χ4v) is 2.97. The first-order chi connectivity index (χ1) is 8.67. The summed E-state index contributed by atoms with van der Waals surface area (Å²) < 4.78 is 5.10. The molecule has 1 heterocycles. The predicted octanol–water partition coefficient (Wildman–Crippen LogP) is 2.02. The Morgan fingerprint density at radius 1 is 1.61 bits per heavy atom. The number of carbonyl (C=O) groups is 1. The van der Waals surface area contributed by atoms with Crippen LogP contribution in [0.5, 0.6) is 0 Å². The molecule has 0 saturated heterocycles. The van der Waals surface area contributed by atoms with Crippen molar-refractivity contribution < 1.29 is 14.6 Å². The lowest BCUT2D eigenvalue weighted by Gasteiger charge is -2.20. The van der Waals surface area contributed by atoms with Crippen molar-refractivity contribution in [2.45, 2.75) is 32.2 Å². The number of ether oxygens (including phenoxy) is 1. The standard InChI is InChI=1S/C12H18N2O3S/c1-3-9-10(11(15)16)18-12(13-9)14(6-7-17-2)8-4-5-8/h8H,3-7H2,1-2H3,(H,15,16). The highest BCUT2D eigenvalue weighted by Crippen LogP contribution is 2.35. The second-order valence-electron chi connectivity index (χ2n) is 4.35. The molecule has 6 heteroatoms. The summed E-state index contributed by atoms with van der Waals surface area (Å²) in [6.45, 7) is 3.35. The van der Waals surface area contributed by atoms with Gasteiger partial charge < -0.3 is 14.7 Å². The Labute approximate surface area is 110 Å². The Hall–Kier alpha value is -1.14. The van der Waals surface area contributed by atoms with E-state index in [4.69, 9.17) is 9.84 Å². The van der Waals surface area contributed by atoms with Crippen molar-refractivity contribution in [2.24, 2.45) is 0 Å². The quantitative estimate of drug-likeness (QED) is 0.821. The first-order valence-corrected chi connectivity index (χ1v) is 6.97. The third kappa shape index (κ3) is 2.81. The molecule has 1 aromatic rings. The topological polar surface area (TPSA) is 62.7 Å². The highest BCUT2D eigenvalue weighted by molar-refractivity contribution is 7.17. The molecular formula is C12H18N2O3S. The molecule has 0 atom stereocenters. The minimum Gasteiger partial charge on any atom is -0.477 e. The largest absolute Gasteiger partial charge is 0.477 e. The number of aromatic carboxylic acids is 1. The van der Waals surface area contributed by atoms with Gasteiger partial charge in [-0.15, -0.1) is 0 Å². The van der Waals surface area contributed by atoms with E-state index in [2.05, 4.69) is 9.88 Å². The van der Waals surface area contributed by atoms with E-state index in [0.29, 0.717) is 29.6 Å². The summed E-state index contributed by atoms with van der Waals surface area (Å²) in [6, 6.07) is 0.512. The van der Waals surface area contributed by atoms with Crippen molar-refractivity contribution in [3.8, 4) is 0 Å². The Balaban J connectivity index is 2.21. The third-order valence-corrected chi connectivity index (χ3v) is 4.11. The number of aryl methyl sites for hydroxylation is 1. The number of hydrogen-bond donors (Lipinski definition) is 1. The fourth-order valence-electron chi connectivity index (χ4n) is 1.88. The van der Waals surface area contributed by atoms with Crippen molar-refractivity contribution >= 4 is 22.4 Å². The molecule has 18 heavy (non-hydrogen) atoms. The van der Waals surface area contributed by atoms with Crippen molar-refractivity contribution in [1.29, 1.82) is 0 Å². The number of carboxylic acids is 1. The smallest absolute Gasteiger partial charge is 0.347 e. The summed E-state index contributed by atoms with van der Waals surface area (Å²) in [5, 5.41) is 9.97. The van der Waals surface area contributed by atoms with Crippen LogP contribution in [0.4, 0.5) is 5.13 Å². The average molecular weight is 270 g/mol. The first kappa shape index (κ1) is 13.3. The van der Waals surface area contributed by atoms with Gasteiger partial charge in [0.1, 0.15) is 4.88 Å². The summed E-state index contributed by atoms with van der Waals surface area (Å²) in [7, 11) is 1.67. The minimum atomic E-state index is -0.877. The number of aromatic nitrogens is 1. The third-order valence-electron chi connectivity index (χ3n) is 2.98. The number of anilines is 1. The van der Waals surface area contributed by atoms with Crippen LogP contribution in [0.1, 0.15) is 35.1 Å². The number of nitrogens with zero attached hydrogens (tertiary/aromatic N) is 2. The Morgan fingerprint density at radius 2 is 2.33 bits per heavy atom. The van der Waals surface area contributed by atoms with Crippen LogP contribution < -0.4 is 4.90 Å². The molecule has 100 valence electrons. The van der Waals surface area contributed by atoms with Gasteiger partial charge in [-0.2, -0.15) is 0 Å². The summed E-state index contributed by atoms with van der Waals surface area (Å²) in [5.41, 5.74) is 0.686. The van der Waals surface area contributed by atoms with Crippen LogP contribution in [-0.2, 0) is 11.2 Å². The summed E-state index contributed by atoms with van der Waals surface area (Å²) in [4.78, 5) is 18.2. The van der Waals surface area contributed by atoms with E-state index >= 15 is 0 Å². The number of hydrogen-bond acceptors (Lipinski definition) is 5. The van der Waals surface area contributed by atoms with Gasteiger partial charge in [0.25, 0.3) is 0 Å². The van der Waals surface area contributed by atoms with Gasteiger partial charge in [0, 0.05) is 19.7 Å². The molecule has 0 aromatic carbocycles. The molecule has 1 aromatic heterocycles. The van der Waals surface area contributed by atoms with E-state index < -0.39 is 5.97 Å². The van der Waals surface area contributed by atoms with Gasteiger partial charge in [0.2, 0.25) is 0 Å². The molecular weight excluding hydrogens is 252 g/mol. The van der Waals surface area contributed by atoms with Crippen LogP contribution in [0.3, 0.4) is 0 Å². The van der Waals surface area contributed by atoms with Crippen LogP contribution in [0.2, 0.25) is 0 Å². The average Bonchev–Trinajstić information content (AvgIpc) is 3.08. The lowest BCUT2D eigenvalue weighted by molar-refractivity contribution is 0.0701. The van der Waals surface area contributed by atoms with Gasteiger partial charge >= 0.3 is 5.97 Å². The van der Waals surface area contributed by atoms with Crippen LogP contribution >= 0.6 is 11.3 Å². The second kappa shape index (κ2) is 5.67. The van der Waals surface area contributed by atoms with Gasteiger partial charge in [-0.25, -0.2) is 9.78 Å². The highest BCUT2D eigenvalue weighted by atomic mass is 32.1. The molecule has 2 rings (SSSR count). The molecule has 5 nitrogen and oxygen atoms in total. The monoisotopic (exact) mass is 270 g/mol. The number of methoxy groups -OCH3 is 1. The zero-order chi connectivity index (χ0) is 13.1. The summed E-state index contributed by atoms with van der Waals surface area (Å²) >= 11 is 1.28. The molecule has 1 aliphatic carbocycles. The Bertz CT molecular complexity index is 429. The summed E-state index contributed by atoms with van der Waals surface area (Å²) in [5.74, 6) is -0.877. The van der Waals surface area contributed by atoms with Gasteiger partial charge in [-0.05, 0) is 19.3 Å². The molecule has 0 aliphatic heterocycles. The maximum Gasteiger partial charge on any atom is 0.347 e. The van der Waals surface area contributed by atoms with E-state index in [9.17, 15) is 4.79 Å². The first-order valence-electron chi connectivity index (χ1n) is 6.16. The molecule has 0 bridgehead atoms. The molecule has 0 unspecified atom stereocenters. The minimum absolute atomic E-state index is 0.371. The normalized spacial score (nSPS) is 14.8. The van der Waals surface area contributed by atoms with Gasteiger partial charge in [-0.1, -0.05) is 18.3 Å². The van der Waals surface area contributed by atoms with Crippen molar-refractivity contribution in [1.82, 2.24) is 4.98 Å². The molecule has 0 spiro atoms. The van der Waals surface area contributed by atoms with E-state index in [1.165, 1.54) is 11.3 Å². The van der Waals surface area contributed by atoms with Crippen molar-refractivity contribution in [3.63, 3.8) is 0 Å². The SMILES string of the molecule is CCc1nc(N(CCOC)C2CC2)sc1C(=O)O. The highest BCUT2D eigenvalue weighted by Gasteiger charge is 2.32. The predicted molar refractivity (Wildman–Crippen MR) is 70.7 cm³/mol. The van der Waals surface area contributed by atoms with Gasteiger partial charge in [0.05, 0.1) is 12.3 Å². The summed E-state index contributed by atoms with van der Waals surface area (Å²) in [6.07, 6.45) is 2.97. The molecule has 1 aliphatic rings. The molecule has 1 saturated carbocycles. The molecule has 0 radical (unpaired) electrons. The zero-order valence-corrected chi connectivity index (χ0v) is 11.5. The fraction of sp³-hybridized carbons (Fsp3) is 0.667. The number of carboxylic acid groups (broad SMARTS) is 1. The zero-order valence-electron chi connectivity index (χ0n) is 10.7. The lowest BCUT2D eigenvalue weighted by Crippen LogP contribution is -2.29. The maximum atomic E-state index is 11.1. The Morgan fingerprint density at radius 3 is 2.78 bits per heavy atom. The van der Waals surface area contributed by atoms with Gasteiger partial charge in [0.15, 0.2) is 5.13 Å². The lowest BCUT2D eigenvalue weighted by atomic mass is 10.3. The van der Waals surface area contributed by atoms with E-state index in [1.54, 1.807) is 7.11 Å². The number of rotatable bonds is 7. The van der Waals surface area contributed by atoms with Gasteiger partial charge in [-0.3, -0.25) is 0 Å². The molecule has 0 amide bonds. The van der Waals surface area contributed by atoms with E-state index in [1.807, 2.05) is 6.92 Å². The van der Waals surface area contributed by atoms with E-state index in [-0.39, 0.29) is 0 Å². The van der Waals surface area contributed by atoms with Crippen molar-refractivity contribution in [2.75, 3.05) is 25.2 Å². The van der Waals surface area contributed by atoms with Crippen LogP contribution in [0.15, 0.2) is 0 Å². The molecule has 1 fully saturated rings. The second-order valence-corrected chi connectivity index (χ2v) is 5.33. The van der Waals surface area contributed by atoms with Crippen LogP contribution in [0, 0.1) is 0 Å². The maximum absolute atomic E-state index is 11.1. The Kier molecular flexibility index (Phi) is 4.19. The number of thiazole rings is 1. The van der Waals surface area contributed by atoms with Crippen LogP contribution in [0.25, 0.3) is 0 Å². The van der Waals surface area contributed by atoms with E-state index in [0.717, 1.165) is 24.5 Å². The van der Waals surface area contributed by atoms with Crippen molar-refractivity contribution in [3.05, 3.63) is 10.6 Å². The van der Waals surface area contributed by atoms with Crippen LogP contribution in [-0.4, -0.2) is 42.4 Å².